The van der Waals surface area contributed by atoms with Crippen LogP contribution in [0.1, 0.15) is 20.3 Å². The molecule has 1 saturated heterocycles. The lowest BCUT2D eigenvalue weighted by molar-refractivity contribution is -0.152. The number of hydrogen-bond donors (Lipinski definition) is 0. The van der Waals surface area contributed by atoms with Gasteiger partial charge in [0.1, 0.15) is 5.75 Å². The third-order valence-corrected chi connectivity index (χ3v) is 5.92. The number of nitrogens with zero attached hydrogens (tertiary/aromatic N) is 2. The van der Waals surface area contributed by atoms with Gasteiger partial charge < -0.3 is 14.4 Å². The zero-order valence-electron chi connectivity index (χ0n) is 15.0. The van der Waals surface area contributed by atoms with Gasteiger partial charge in [-0.05, 0) is 31.2 Å². The minimum Gasteiger partial charge on any atom is -0.494 e. The first kappa shape index (κ1) is 20.2. The molecule has 1 aliphatic heterocycles. The third-order valence-electron chi connectivity index (χ3n) is 4.01. The summed E-state index contributed by atoms with van der Waals surface area (Å²) in [6.07, 6.45) is 0.210. The van der Waals surface area contributed by atoms with E-state index in [0.29, 0.717) is 12.4 Å². The summed E-state index contributed by atoms with van der Waals surface area (Å²) in [5.74, 6) is -0.136. The van der Waals surface area contributed by atoms with Crippen LogP contribution in [0.25, 0.3) is 0 Å². The van der Waals surface area contributed by atoms with Crippen LogP contribution >= 0.6 is 0 Å². The van der Waals surface area contributed by atoms with E-state index in [1.807, 2.05) is 6.92 Å². The highest BCUT2D eigenvalue weighted by Gasteiger charge is 2.30. The second-order valence-electron chi connectivity index (χ2n) is 5.70. The maximum absolute atomic E-state index is 12.7. The molecule has 1 fully saturated rings. The van der Waals surface area contributed by atoms with Gasteiger partial charge in [-0.15, -0.1) is 0 Å². The number of carbonyl (C=O) groups is 2. The molecule has 1 aromatic rings. The van der Waals surface area contributed by atoms with Crippen molar-refractivity contribution in [3.8, 4) is 5.75 Å². The van der Waals surface area contributed by atoms with Crippen LogP contribution < -0.4 is 4.74 Å². The minimum absolute atomic E-state index is 0.192. The van der Waals surface area contributed by atoms with Crippen molar-refractivity contribution in [2.45, 2.75) is 25.2 Å². The highest BCUT2D eigenvalue weighted by Crippen LogP contribution is 2.21. The highest BCUT2D eigenvalue weighted by atomic mass is 32.2. The smallest absolute Gasteiger partial charge is 0.306 e. The van der Waals surface area contributed by atoms with Crippen LogP contribution in [0.3, 0.4) is 0 Å². The van der Waals surface area contributed by atoms with E-state index in [9.17, 15) is 18.0 Å². The summed E-state index contributed by atoms with van der Waals surface area (Å²) in [7, 11) is -3.62. The topological polar surface area (TPSA) is 93.2 Å². The summed E-state index contributed by atoms with van der Waals surface area (Å²) < 4.78 is 36.9. The van der Waals surface area contributed by atoms with Crippen LogP contribution in [-0.4, -0.2) is 68.9 Å². The summed E-state index contributed by atoms with van der Waals surface area (Å²) in [5.41, 5.74) is 0. The molecular weight excluding hydrogens is 360 g/mol. The molecular formula is C17H24N2O6S. The summed E-state index contributed by atoms with van der Waals surface area (Å²) >= 11 is 0. The standard InChI is InChI=1S/C17H24N2O6S/c1-3-17(21)25-13-16(20)18-9-11-19(12-10-18)26(22,23)15-7-5-14(6-8-15)24-4-2/h5-8H,3-4,9-13H2,1-2H3. The van der Waals surface area contributed by atoms with Crippen LogP contribution in [-0.2, 0) is 24.3 Å². The number of amides is 1. The zero-order valence-corrected chi connectivity index (χ0v) is 15.8. The fraction of sp³-hybridized carbons (Fsp3) is 0.529. The number of ether oxygens (including phenoxy) is 2. The molecule has 0 spiro atoms. The van der Waals surface area contributed by atoms with Crippen molar-refractivity contribution in [2.75, 3.05) is 39.4 Å². The van der Waals surface area contributed by atoms with Gasteiger partial charge in [0, 0.05) is 32.6 Å². The normalized spacial score (nSPS) is 15.5. The first-order valence-electron chi connectivity index (χ1n) is 8.55. The SMILES string of the molecule is CCOc1ccc(S(=O)(=O)N2CCN(C(=O)COC(=O)CC)CC2)cc1. The monoisotopic (exact) mass is 384 g/mol. The van der Waals surface area contributed by atoms with Gasteiger partial charge in [-0.25, -0.2) is 8.42 Å². The predicted molar refractivity (Wildman–Crippen MR) is 94.2 cm³/mol. The fourth-order valence-electron chi connectivity index (χ4n) is 2.54. The van der Waals surface area contributed by atoms with E-state index in [4.69, 9.17) is 9.47 Å². The number of benzene rings is 1. The minimum atomic E-state index is -3.62. The Morgan fingerprint density at radius 2 is 1.65 bits per heavy atom. The molecule has 26 heavy (non-hydrogen) atoms. The number of piperazine rings is 1. The van der Waals surface area contributed by atoms with Crippen LogP contribution in [0.15, 0.2) is 29.2 Å². The van der Waals surface area contributed by atoms with Gasteiger partial charge in [-0.2, -0.15) is 4.31 Å². The van der Waals surface area contributed by atoms with Crippen molar-refractivity contribution >= 4 is 21.9 Å². The molecule has 1 heterocycles. The first-order chi connectivity index (χ1) is 12.4. The van der Waals surface area contributed by atoms with Crippen molar-refractivity contribution in [3.05, 3.63) is 24.3 Å². The van der Waals surface area contributed by atoms with Gasteiger partial charge in [0.2, 0.25) is 10.0 Å². The Morgan fingerprint density at radius 1 is 1.04 bits per heavy atom. The molecule has 0 aliphatic carbocycles. The Bertz CT molecular complexity index is 724. The van der Waals surface area contributed by atoms with Gasteiger partial charge in [-0.1, -0.05) is 6.92 Å². The molecule has 1 amide bonds. The van der Waals surface area contributed by atoms with Crippen LogP contribution in [0.4, 0.5) is 0 Å². The number of sulfonamides is 1. The van der Waals surface area contributed by atoms with Crippen molar-refractivity contribution < 1.29 is 27.5 Å². The van der Waals surface area contributed by atoms with Gasteiger partial charge in [0.05, 0.1) is 11.5 Å². The Kier molecular flexibility index (Phi) is 6.98. The number of hydrogen-bond acceptors (Lipinski definition) is 6. The van der Waals surface area contributed by atoms with Crippen molar-refractivity contribution in [1.82, 2.24) is 9.21 Å². The second-order valence-corrected chi connectivity index (χ2v) is 7.64. The van der Waals surface area contributed by atoms with Crippen LogP contribution in [0.2, 0.25) is 0 Å². The van der Waals surface area contributed by atoms with Gasteiger partial charge in [0.15, 0.2) is 6.61 Å². The molecule has 1 aromatic carbocycles. The molecule has 0 unspecified atom stereocenters. The van der Waals surface area contributed by atoms with Crippen LogP contribution in [0.5, 0.6) is 5.75 Å². The molecule has 1 aliphatic rings. The molecule has 9 heteroatoms. The fourth-order valence-corrected chi connectivity index (χ4v) is 3.96. The van der Waals surface area contributed by atoms with Crippen molar-refractivity contribution in [3.63, 3.8) is 0 Å². The molecule has 0 saturated carbocycles. The van der Waals surface area contributed by atoms with Gasteiger partial charge in [-0.3, -0.25) is 9.59 Å². The summed E-state index contributed by atoms with van der Waals surface area (Å²) in [6, 6.07) is 6.28. The lowest BCUT2D eigenvalue weighted by Gasteiger charge is -2.33. The maximum atomic E-state index is 12.7. The Morgan fingerprint density at radius 3 is 2.19 bits per heavy atom. The van der Waals surface area contributed by atoms with Crippen LogP contribution in [0, 0.1) is 0 Å². The Balaban J connectivity index is 1.93. The third kappa shape index (κ3) is 4.95. The van der Waals surface area contributed by atoms with E-state index < -0.39 is 16.0 Å². The van der Waals surface area contributed by atoms with E-state index in [-0.39, 0.29) is 50.0 Å². The molecule has 2 rings (SSSR count). The van der Waals surface area contributed by atoms with Crippen molar-refractivity contribution in [2.24, 2.45) is 0 Å². The van der Waals surface area contributed by atoms with Gasteiger partial charge >= 0.3 is 5.97 Å². The molecule has 0 radical (unpaired) electrons. The zero-order chi connectivity index (χ0) is 19.2. The number of rotatable bonds is 7. The maximum Gasteiger partial charge on any atom is 0.306 e. The number of carbonyl (C=O) groups excluding carboxylic acids is 2. The first-order valence-corrected chi connectivity index (χ1v) is 9.99. The quantitative estimate of drug-likeness (QED) is 0.648. The molecule has 0 N–H and O–H groups in total. The Labute approximate surface area is 153 Å². The number of esters is 1. The summed E-state index contributed by atoms with van der Waals surface area (Å²) in [5, 5.41) is 0. The lowest BCUT2D eigenvalue weighted by atomic mass is 10.3. The van der Waals surface area contributed by atoms with E-state index >= 15 is 0 Å². The molecule has 8 nitrogen and oxygen atoms in total. The average Bonchev–Trinajstić information content (AvgIpc) is 2.66. The van der Waals surface area contributed by atoms with E-state index in [0.717, 1.165) is 0 Å². The van der Waals surface area contributed by atoms with E-state index in [1.54, 1.807) is 19.1 Å². The summed E-state index contributed by atoms with van der Waals surface area (Å²) in [6.45, 7) is 4.63. The molecule has 144 valence electrons. The second kappa shape index (κ2) is 9.00. The van der Waals surface area contributed by atoms with Gasteiger partial charge in [0.25, 0.3) is 5.91 Å². The molecule has 0 atom stereocenters. The van der Waals surface area contributed by atoms with E-state index in [2.05, 4.69) is 0 Å². The largest absolute Gasteiger partial charge is 0.494 e. The molecule has 0 aromatic heterocycles. The average molecular weight is 384 g/mol. The highest BCUT2D eigenvalue weighted by molar-refractivity contribution is 7.89. The summed E-state index contributed by atoms with van der Waals surface area (Å²) in [4.78, 5) is 24.8. The lowest BCUT2D eigenvalue weighted by Crippen LogP contribution is -2.51. The predicted octanol–water partition coefficient (Wildman–Crippen LogP) is 0.871. The van der Waals surface area contributed by atoms with Crippen molar-refractivity contribution in [1.29, 1.82) is 0 Å². The van der Waals surface area contributed by atoms with E-state index in [1.165, 1.54) is 21.3 Å². The molecule has 0 bridgehead atoms. The Hall–Kier alpha value is -2.13.